The maximum atomic E-state index is 13.4. The number of hydrogen-bond donors (Lipinski definition) is 1. The summed E-state index contributed by atoms with van der Waals surface area (Å²) in [4.78, 5) is 13.4. The number of piperazine rings is 1. The number of sulfonamides is 2. The van der Waals surface area contributed by atoms with Crippen molar-refractivity contribution >= 4 is 47.6 Å². The summed E-state index contributed by atoms with van der Waals surface area (Å²) in [5.41, 5.74) is 0.466. The van der Waals surface area contributed by atoms with Crippen LogP contribution in [0.5, 0.6) is 0 Å². The molecule has 0 unspecified atom stereocenters. The first-order valence-corrected chi connectivity index (χ1v) is 14.1. The summed E-state index contributed by atoms with van der Waals surface area (Å²) in [6, 6.07) is 21.2. The molecule has 0 saturated carbocycles. The molecular formula is C23H22BrN3O5S2. The average Bonchev–Trinajstić information content (AvgIpc) is 2.86. The zero-order valence-corrected chi connectivity index (χ0v) is 21.1. The van der Waals surface area contributed by atoms with Crippen molar-refractivity contribution in [3.8, 4) is 0 Å². The smallest absolute Gasteiger partial charge is 0.244 e. The van der Waals surface area contributed by atoms with Crippen LogP contribution < -0.4 is 5.32 Å². The minimum absolute atomic E-state index is 0.0378. The van der Waals surface area contributed by atoms with Crippen molar-refractivity contribution < 1.29 is 21.6 Å². The summed E-state index contributed by atoms with van der Waals surface area (Å²) in [5.74, 6) is -0.616. The average molecular weight is 564 g/mol. The Morgan fingerprint density at radius 2 is 1.29 bits per heavy atom. The van der Waals surface area contributed by atoms with E-state index in [1.807, 2.05) is 0 Å². The van der Waals surface area contributed by atoms with E-state index in [4.69, 9.17) is 0 Å². The van der Waals surface area contributed by atoms with Gasteiger partial charge in [-0.3, -0.25) is 4.79 Å². The van der Waals surface area contributed by atoms with Gasteiger partial charge in [-0.15, -0.1) is 0 Å². The molecule has 178 valence electrons. The molecule has 1 atom stereocenters. The number of hydrogen-bond acceptors (Lipinski definition) is 5. The van der Waals surface area contributed by atoms with Gasteiger partial charge in [-0.05, 0) is 48.5 Å². The van der Waals surface area contributed by atoms with Gasteiger partial charge in [-0.2, -0.15) is 8.61 Å². The topological polar surface area (TPSA) is 104 Å². The van der Waals surface area contributed by atoms with Crippen molar-refractivity contribution in [3.63, 3.8) is 0 Å². The summed E-state index contributed by atoms with van der Waals surface area (Å²) in [5, 5.41) is 2.72. The number of anilines is 1. The minimum Gasteiger partial charge on any atom is -0.325 e. The summed E-state index contributed by atoms with van der Waals surface area (Å²) in [6.07, 6.45) is 0. The van der Waals surface area contributed by atoms with E-state index in [1.165, 1.54) is 24.3 Å². The number of halogens is 1. The molecule has 1 heterocycles. The van der Waals surface area contributed by atoms with E-state index in [0.717, 1.165) is 13.1 Å². The molecule has 1 aliphatic heterocycles. The van der Waals surface area contributed by atoms with Gasteiger partial charge in [0.05, 0.1) is 9.79 Å². The van der Waals surface area contributed by atoms with Crippen LogP contribution >= 0.6 is 15.9 Å². The first-order chi connectivity index (χ1) is 16.2. The van der Waals surface area contributed by atoms with Crippen LogP contribution in [0.15, 0.2) is 99.2 Å². The second-order valence-electron chi connectivity index (χ2n) is 7.62. The molecule has 0 bridgehead atoms. The van der Waals surface area contributed by atoms with Crippen LogP contribution in [-0.2, 0) is 24.8 Å². The largest absolute Gasteiger partial charge is 0.325 e. The molecule has 1 saturated heterocycles. The molecule has 1 N–H and O–H groups in total. The van der Waals surface area contributed by atoms with Gasteiger partial charge < -0.3 is 5.32 Å². The Kier molecular flexibility index (Phi) is 7.20. The third kappa shape index (κ3) is 5.08. The fraction of sp³-hybridized carbons (Fsp3) is 0.174. The molecule has 1 aliphatic rings. The minimum atomic E-state index is -4.05. The molecule has 3 aromatic rings. The summed E-state index contributed by atoms with van der Waals surface area (Å²) < 4.78 is 56.2. The predicted molar refractivity (Wildman–Crippen MR) is 132 cm³/mol. The number of carbonyl (C=O) groups is 1. The maximum Gasteiger partial charge on any atom is 0.244 e. The van der Waals surface area contributed by atoms with Crippen molar-refractivity contribution in [3.05, 3.63) is 89.4 Å². The fourth-order valence-corrected chi connectivity index (χ4v) is 7.00. The zero-order valence-electron chi connectivity index (χ0n) is 17.9. The van der Waals surface area contributed by atoms with Gasteiger partial charge in [-0.25, -0.2) is 16.8 Å². The lowest BCUT2D eigenvalue weighted by molar-refractivity contribution is -0.120. The van der Waals surface area contributed by atoms with Crippen molar-refractivity contribution in [2.45, 2.75) is 15.8 Å². The van der Waals surface area contributed by atoms with Crippen LogP contribution in [0.2, 0.25) is 0 Å². The van der Waals surface area contributed by atoms with Crippen molar-refractivity contribution in [1.82, 2.24) is 8.61 Å². The highest BCUT2D eigenvalue weighted by atomic mass is 79.9. The number of nitrogens with zero attached hydrogens (tertiary/aromatic N) is 2. The number of benzene rings is 3. The fourth-order valence-electron chi connectivity index (χ4n) is 3.69. The summed E-state index contributed by atoms with van der Waals surface area (Å²) in [7, 11) is -7.96. The highest BCUT2D eigenvalue weighted by Crippen LogP contribution is 2.26. The van der Waals surface area contributed by atoms with E-state index < -0.39 is 32.0 Å². The Morgan fingerprint density at radius 3 is 1.85 bits per heavy atom. The van der Waals surface area contributed by atoms with Gasteiger partial charge >= 0.3 is 0 Å². The van der Waals surface area contributed by atoms with Crippen LogP contribution in [-0.4, -0.2) is 57.0 Å². The Labute approximate surface area is 207 Å². The van der Waals surface area contributed by atoms with Crippen molar-refractivity contribution in [1.29, 1.82) is 0 Å². The second-order valence-corrected chi connectivity index (χ2v) is 12.4. The van der Waals surface area contributed by atoms with Crippen LogP contribution in [0.25, 0.3) is 0 Å². The molecule has 34 heavy (non-hydrogen) atoms. The van der Waals surface area contributed by atoms with E-state index >= 15 is 0 Å². The van der Waals surface area contributed by atoms with E-state index in [2.05, 4.69) is 21.2 Å². The van der Waals surface area contributed by atoms with Gasteiger partial charge in [0.25, 0.3) is 0 Å². The first kappa shape index (κ1) is 24.6. The first-order valence-electron chi connectivity index (χ1n) is 10.4. The van der Waals surface area contributed by atoms with Crippen molar-refractivity contribution in [2.75, 3.05) is 25.0 Å². The van der Waals surface area contributed by atoms with Gasteiger partial charge in [-0.1, -0.05) is 52.3 Å². The standard InChI is InChI=1S/C23H22BrN3O5S2/c24-18-11-13-19(14-12-18)25-23(28)22-17-26(33(29,30)20-7-3-1-4-8-20)15-16-27(22)34(31,32)21-9-5-2-6-10-21/h1-14,22H,15-17H2,(H,25,28)/t22-/m1/s1. The lowest BCUT2D eigenvalue weighted by atomic mass is 10.2. The SMILES string of the molecule is O=C(Nc1ccc(Br)cc1)[C@H]1CN(S(=O)(=O)c2ccccc2)CCN1S(=O)(=O)c1ccccc1. The molecule has 4 rings (SSSR count). The Hall–Kier alpha value is -2.57. The van der Waals surface area contributed by atoms with Crippen LogP contribution in [0.1, 0.15) is 0 Å². The quantitative estimate of drug-likeness (QED) is 0.496. The summed E-state index contributed by atoms with van der Waals surface area (Å²) in [6.45, 7) is -0.557. The molecule has 1 amide bonds. The molecule has 0 aliphatic carbocycles. The summed E-state index contributed by atoms with van der Waals surface area (Å²) >= 11 is 3.33. The monoisotopic (exact) mass is 563 g/mol. The van der Waals surface area contributed by atoms with Crippen LogP contribution in [0, 0.1) is 0 Å². The second kappa shape index (κ2) is 9.96. The lowest BCUT2D eigenvalue weighted by Crippen LogP contribution is -2.60. The number of nitrogens with one attached hydrogen (secondary N) is 1. The highest BCUT2D eigenvalue weighted by molar-refractivity contribution is 9.10. The van der Waals surface area contributed by atoms with E-state index in [0.29, 0.717) is 5.69 Å². The van der Waals surface area contributed by atoms with Gasteiger partial charge in [0.15, 0.2) is 0 Å². The molecule has 3 aromatic carbocycles. The van der Waals surface area contributed by atoms with Gasteiger partial charge in [0.2, 0.25) is 26.0 Å². The zero-order chi connectivity index (χ0) is 24.3. The molecule has 11 heteroatoms. The van der Waals surface area contributed by atoms with E-state index in [-0.39, 0.29) is 29.4 Å². The normalized spacial score (nSPS) is 17.9. The number of rotatable bonds is 6. The van der Waals surface area contributed by atoms with Gasteiger partial charge in [0.1, 0.15) is 6.04 Å². The Morgan fingerprint density at radius 1 is 0.765 bits per heavy atom. The molecule has 0 aromatic heterocycles. The van der Waals surface area contributed by atoms with E-state index in [1.54, 1.807) is 60.7 Å². The van der Waals surface area contributed by atoms with E-state index in [9.17, 15) is 21.6 Å². The van der Waals surface area contributed by atoms with Crippen LogP contribution in [0.4, 0.5) is 5.69 Å². The Bertz CT molecular complexity index is 1370. The van der Waals surface area contributed by atoms with Crippen LogP contribution in [0.3, 0.4) is 0 Å². The maximum absolute atomic E-state index is 13.4. The van der Waals surface area contributed by atoms with Crippen molar-refractivity contribution in [2.24, 2.45) is 0 Å². The molecule has 0 spiro atoms. The number of carbonyl (C=O) groups excluding carboxylic acids is 1. The molecule has 0 radical (unpaired) electrons. The predicted octanol–water partition coefficient (Wildman–Crippen LogP) is 3.15. The third-order valence-electron chi connectivity index (χ3n) is 5.44. The Balaban J connectivity index is 1.68. The number of amides is 1. The molecule has 8 nitrogen and oxygen atoms in total. The molecular weight excluding hydrogens is 542 g/mol. The highest BCUT2D eigenvalue weighted by Gasteiger charge is 2.43. The molecule has 1 fully saturated rings. The third-order valence-corrected chi connectivity index (χ3v) is 9.77. The lowest BCUT2D eigenvalue weighted by Gasteiger charge is -2.38. The van der Waals surface area contributed by atoms with Gasteiger partial charge in [0, 0.05) is 29.8 Å².